The van der Waals surface area contributed by atoms with Gasteiger partial charge in [-0.2, -0.15) is 0 Å². The first-order valence-corrected chi connectivity index (χ1v) is 6.02. The van der Waals surface area contributed by atoms with Crippen molar-refractivity contribution >= 4 is 11.6 Å². The van der Waals surface area contributed by atoms with Crippen molar-refractivity contribution in [1.29, 1.82) is 0 Å². The Bertz CT molecular complexity index is 329. The summed E-state index contributed by atoms with van der Waals surface area (Å²) < 4.78 is 5.82. The molecule has 0 unspecified atom stereocenters. The molecule has 0 bridgehead atoms. The molecule has 0 atom stereocenters. The summed E-state index contributed by atoms with van der Waals surface area (Å²) in [5.41, 5.74) is 1.16. The first-order valence-electron chi connectivity index (χ1n) is 5.64. The molecule has 1 aliphatic rings. The van der Waals surface area contributed by atoms with Crippen molar-refractivity contribution in [3.63, 3.8) is 0 Å². The van der Waals surface area contributed by atoms with E-state index in [0.29, 0.717) is 0 Å². The van der Waals surface area contributed by atoms with E-state index in [0.717, 1.165) is 28.9 Å². The minimum atomic E-state index is 0.752. The van der Waals surface area contributed by atoms with Crippen LogP contribution in [0.15, 0.2) is 18.2 Å². The molecular formula is C13H17ClO. The summed E-state index contributed by atoms with van der Waals surface area (Å²) in [6, 6.07) is 5.82. The molecule has 1 aromatic carbocycles. The van der Waals surface area contributed by atoms with Crippen LogP contribution in [0.4, 0.5) is 0 Å². The second-order valence-electron chi connectivity index (χ2n) is 4.37. The molecule has 82 valence electrons. The van der Waals surface area contributed by atoms with Crippen LogP contribution in [0.2, 0.25) is 5.02 Å². The van der Waals surface area contributed by atoms with E-state index in [4.69, 9.17) is 16.3 Å². The fourth-order valence-electron chi connectivity index (χ4n) is 2.11. The molecule has 1 saturated carbocycles. The van der Waals surface area contributed by atoms with Gasteiger partial charge in [0.2, 0.25) is 0 Å². The largest absolute Gasteiger partial charge is 0.493 e. The number of hydrogen-bond donors (Lipinski definition) is 0. The predicted octanol–water partition coefficient (Wildman–Crippen LogP) is 4.22. The molecule has 0 amide bonds. The lowest BCUT2D eigenvalue weighted by Crippen LogP contribution is -2.08. The zero-order chi connectivity index (χ0) is 10.7. The predicted molar refractivity (Wildman–Crippen MR) is 63.6 cm³/mol. The van der Waals surface area contributed by atoms with Gasteiger partial charge in [-0.25, -0.2) is 0 Å². The van der Waals surface area contributed by atoms with Crippen molar-refractivity contribution in [1.82, 2.24) is 0 Å². The first-order chi connectivity index (χ1) is 7.25. The molecular weight excluding hydrogens is 208 g/mol. The highest BCUT2D eigenvalue weighted by Crippen LogP contribution is 2.27. The van der Waals surface area contributed by atoms with Crippen LogP contribution in [0.1, 0.15) is 31.2 Å². The van der Waals surface area contributed by atoms with E-state index in [2.05, 4.69) is 6.92 Å². The maximum absolute atomic E-state index is 5.93. The number of halogens is 1. The molecule has 0 spiro atoms. The van der Waals surface area contributed by atoms with Gasteiger partial charge in [0, 0.05) is 5.02 Å². The Balaban J connectivity index is 1.94. The highest BCUT2D eigenvalue weighted by atomic mass is 35.5. The number of benzene rings is 1. The zero-order valence-electron chi connectivity index (χ0n) is 9.13. The van der Waals surface area contributed by atoms with Crippen LogP contribution in [0.25, 0.3) is 0 Å². The SMILES string of the molecule is Cc1ccc(Cl)cc1OCC1CCCC1. The fourth-order valence-corrected chi connectivity index (χ4v) is 2.28. The molecule has 1 nitrogen and oxygen atoms in total. The van der Waals surface area contributed by atoms with E-state index in [1.54, 1.807) is 0 Å². The third-order valence-corrected chi connectivity index (χ3v) is 3.33. The van der Waals surface area contributed by atoms with E-state index >= 15 is 0 Å². The lowest BCUT2D eigenvalue weighted by Gasteiger charge is -2.13. The summed E-state index contributed by atoms with van der Waals surface area (Å²) in [5.74, 6) is 1.69. The third kappa shape index (κ3) is 2.88. The van der Waals surface area contributed by atoms with Crippen LogP contribution in [-0.4, -0.2) is 6.61 Å². The zero-order valence-corrected chi connectivity index (χ0v) is 9.89. The summed E-state index contributed by atoms with van der Waals surface area (Å²) in [4.78, 5) is 0. The van der Waals surface area contributed by atoms with Crippen LogP contribution in [0.5, 0.6) is 5.75 Å². The van der Waals surface area contributed by atoms with E-state index in [-0.39, 0.29) is 0 Å². The molecule has 0 aliphatic heterocycles. The van der Waals surface area contributed by atoms with Crippen LogP contribution in [-0.2, 0) is 0 Å². The number of rotatable bonds is 3. The molecule has 1 fully saturated rings. The van der Waals surface area contributed by atoms with Gasteiger partial charge >= 0.3 is 0 Å². The summed E-state index contributed by atoms with van der Waals surface area (Å²) in [7, 11) is 0. The maximum Gasteiger partial charge on any atom is 0.123 e. The second kappa shape index (κ2) is 4.89. The smallest absolute Gasteiger partial charge is 0.123 e. The molecule has 0 aromatic heterocycles. The summed E-state index contributed by atoms with van der Waals surface area (Å²) in [6.45, 7) is 2.90. The Morgan fingerprint density at radius 1 is 1.33 bits per heavy atom. The summed E-state index contributed by atoms with van der Waals surface area (Å²) in [6.07, 6.45) is 5.37. The topological polar surface area (TPSA) is 9.23 Å². The average Bonchev–Trinajstić information content (AvgIpc) is 2.72. The monoisotopic (exact) mass is 224 g/mol. The van der Waals surface area contributed by atoms with Crippen molar-refractivity contribution < 1.29 is 4.74 Å². The number of ether oxygens (including phenoxy) is 1. The standard InChI is InChI=1S/C13H17ClO/c1-10-6-7-12(14)8-13(10)15-9-11-4-2-3-5-11/h6-8,11H,2-5,9H2,1H3. The lowest BCUT2D eigenvalue weighted by atomic mass is 10.1. The minimum absolute atomic E-state index is 0.752. The molecule has 0 heterocycles. The Labute approximate surface area is 96.4 Å². The first kappa shape index (κ1) is 10.8. The normalized spacial score (nSPS) is 16.9. The van der Waals surface area contributed by atoms with Gasteiger partial charge in [-0.3, -0.25) is 0 Å². The molecule has 15 heavy (non-hydrogen) atoms. The van der Waals surface area contributed by atoms with Gasteiger partial charge in [-0.15, -0.1) is 0 Å². The van der Waals surface area contributed by atoms with Crippen LogP contribution < -0.4 is 4.74 Å². The molecule has 0 saturated heterocycles. The highest BCUT2D eigenvalue weighted by Gasteiger charge is 2.15. The highest BCUT2D eigenvalue weighted by molar-refractivity contribution is 6.30. The average molecular weight is 225 g/mol. The van der Waals surface area contributed by atoms with Gasteiger partial charge in [-0.05, 0) is 43.4 Å². The fraction of sp³-hybridized carbons (Fsp3) is 0.538. The van der Waals surface area contributed by atoms with Gasteiger partial charge in [0.1, 0.15) is 5.75 Å². The van der Waals surface area contributed by atoms with Gasteiger partial charge < -0.3 is 4.74 Å². The number of hydrogen-bond acceptors (Lipinski definition) is 1. The molecule has 0 N–H and O–H groups in total. The van der Waals surface area contributed by atoms with Crippen molar-refractivity contribution in [2.45, 2.75) is 32.6 Å². The second-order valence-corrected chi connectivity index (χ2v) is 4.81. The van der Waals surface area contributed by atoms with Gasteiger partial charge in [0.15, 0.2) is 0 Å². The van der Waals surface area contributed by atoms with Crippen LogP contribution >= 0.6 is 11.6 Å². The molecule has 1 aliphatic carbocycles. The van der Waals surface area contributed by atoms with Crippen molar-refractivity contribution in [2.75, 3.05) is 6.61 Å². The van der Waals surface area contributed by atoms with Crippen molar-refractivity contribution in [3.8, 4) is 5.75 Å². The van der Waals surface area contributed by atoms with Gasteiger partial charge in [0.25, 0.3) is 0 Å². The molecule has 1 aromatic rings. The minimum Gasteiger partial charge on any atom is -0.493 e. The maximum atomic E-state index is 5.93. The van der Waals surface area contributed by atoms with Gasteiger partial charge in [-0.1, -0.05) is 30.5 Å². The Morgan fingerprint density at radius 3 is 2.80 bits per heavy atom. The Hall–Kier alpha value is -0.690. The molecule has 2 rings (SSSR count). The Kier molecular flexibility index (Phi) is 3.53. The van der Waals surface area contributed by atoms with Gasteiger partial charge in [0.05, 0.1) is 6.61 Å². The lowest BCUT2D eigenvalue weighted by molar-refractivity contribution is 0.251. The van der Waals surface area contributed by atoms with Crippen LogP contribution in [0, 0.1) is 12.8 Å². The summed E-state index contributed by atoms with van der Waals surface area (Å²) in [5, 5.41) is 0.752. The molecule has 2 heteroatoms. The third-order valence-electron chi connectivity index (χ3n) is 3.10. The van der Waals surface area contributed by atoms with Crippen molar-refractivity contribution in [3.05, 3.63) is 28.8 Å². The quantitative estimate of drug-likeness (QED) is 0.747. The van der Waals surface area contributed by atoms with E-state index < -0.39 is 0 Å². The number of aryl methyl sites for hydroxylation is 1. The van der Waals surface area contributed by atoms with E-state index in [9.17, 15) is 0 Å². The van der Waals surface area contributed by atoms with Crippen LogP contribution in [0.3, 0.4) is 0 Å². The van der Waals surface area contributed by atoms with E-state index in [1.165, 1.54) is 25.7 Å². The van der Waals surface area contributed by atoms with Crippen molar-refractivity contribution in [2.24, 2.45) is 5.92 Å². The van der Waals surface area contributed by atoms with E-state index in [1.807, 2.05) is 18.2 Å². The molecule has 0 radical (unpaired) electrons. The Morgan fingerprint density at radius 2 is 2.07 bits per heavy atom. The summed E-state index contributed by atoms with van der Waals surface area (Å²) >= 11 is 5.93.